The minimum Gasteiger partial charge on any atom is -0.466 e. The van der Waals surface area contributed by atoms with Crippen molar-refractivity contribution in [2.45, 2.75) is 32.2 Å². The number of carbonyl (C=O) groups is 3. The molecule has 1 aliphatic heterocycles. The second-order valence-corrected chi connectivity index (χ2v) is 7.71. The van der Waals surface area contributed by atoms with Crippen LogP contribution >= 0.6 is 11.8 Å². The maximum atomic E-state index is 12.5. The third-order valence-corrected chi connectivity index (χ3v) is 5.84. The first-order valence-electron chi connectivity index (χ1n) is 8.84. The first-order chi connectivity index (χ1) is 13.4. The summed E-state index contributed by atoms with van der Waals surface area (Å²) in [5.41, 5.74) is 2.82. The largest absolute Gasteiger partial charge is 0.466 e. The molecule has 2 heterocycles. The lowest BCUT2D eigenvalue weighted by atomic mass is 10.1. The molecular formula is C20H22N2O5S. The molecule has 8 heteroatoms. The van der Waals surface area contributed by atoms with E-state index < -0.39 is 24.5 Å². The van der Waals surface area contributed by atoms with Gasteiger partial charge in [-0.05, 0) is 49.2 Å². The molecule has 28 heavy (non-hydrogen) atoms. The van der Waals surface area contributed by atoms with E-state index in [2.05, 4.69) is 5.32 Å². The summed E-state index contributed by atoms with van der Waals surface area (Å²) in [7, 11) is 0. The van der Waals surface area contributed by atoms with Gasteiger partial charge < -0.3 is 19.4 Å². The fourth-order valence-electron chi connectivity index (χ4n) is 2.97. The van der Waals surface area contributed by atoms with Gasteiger partial charge in [-0.25, -0.2) is 4.79 Å². The van der Waals surface area contributed by atoms with E-state index in [0.717, 1.165) is 11.1 Å². The van der Waals surface area contributed by atoms with Crippen LogP contribution in [-0.2, 0) is 19.1 Å². The second-order valence-electron chi connectivity index (χ2n) is 6.60. The SMILES string of the molecule is CC(=O)N1[C@@H](C(=O)OCC(=O)Nc2ccc(C)c(C)c2)CS[C@H]1c1ccco1. The van der Waals surface area contributed by atoms with Crippen LogP contribution in [0.5, 0.6) is 0 Å². The molecule has 2 atom stereocenters. The Balaban J connectivity index is 1.58. The number of anilines is 1. The van der Waals surface area contributed by atoms with Crippen molar-refractivity contribution >= 4 is 35.2 Å². The number of aryl methyl sites for hydroxylation is 2. The van der Waals surface area contributed by atoms with Crippen LogP contribution in [0.1, 0.15) is 29.2 Å². The van der Waals surface area contributed by atoms with Gasteiger partial charge in [-0.2, -0.15) is 0 Å². The summed E-state index contributed by atoms with van der Waals surface area (Å²) >= 11 is 1.42. The lowest BCUT2D eigenvalue weighted by Crippen LogP contribution is -2.43. The number of furan rings is 1. The first kappa shape index (κ1) is 20.0. The number of amides is 2. The number of esters is 1. The molecule has 7 nitrogen and oxygen atoms in total. The minimum atomic E-state index is -0.757. The minimum absolute atomic E-state index is 0.257. The van der Waals surface area contributed by atoms with E-state index in [9.17, 15) is 14.4 Å². The smallest absolute Gasteiger partial charge is 0.330 e. The van der Waals surface area contributed by atoms with Gasteiger partial charge in [0.15, 0.2) is 6.61 Å². The summed E-state index contributed by atoms with van der Waals surface area (Å²) < 4.78 is 10.5. The Labute approximate surface area is 167 Å². The van der Waals surface area contributed by atoms with E-state index in [-0.39, 0.29) is 11.3 Å². The standard InChI is InChI=1S/C20H22N2O5S/c1-12-6-7-15(9-13(12)2)21-18(24)10-27-20(25)16-11-28-19(22(16)14(3)23)17-5-4-8-26-17/h4-9,16,19H,10-11H2,1-3H3,(H,21,24)/t16-,19+/m1/s1. The van der Waals surface area contributed by atoms with Crippen molar-refractivity contribution in [1.29, 1.82) is 0 Å². The molecule has 0 bridgehead atoms. The molecule has 1 aliphatic rings. The molecule has 2 aromatic rings. The van der Waals surface area contributed by atoms with Crippen LogP contribution in [0.2, 0.25) is 0 Å². The molecule has 148 valence electrons. The van der Waals surface area contributed by atoms with E-state index in [0.29, 0.717) is 17.2 Å². The van der Waals surface area contributed by atoms with E-state index in [1.807, 2.05) is 26.0 Å². The summed E-state index contributed by atoms with van der Waals surface area (Å²) in [4.78, 5) is 38.1. The molecule has 1 saturated heterocycles. The molecule has 0 spiro atoms. The summed E-state index contributed by atoms with van der Waals surface area (Å²) in [6.45, 7) is 4.92. The zero-order valence-electron chi connectivity index (χ0n) is 15.9. The van der Waals surface area contributed by atoms with Gasteiger partial charge in [-0.1, -0.05) is 6.07 Å². The van der Waals surface area contributed by atoms with Crippen LogP contribution in [0.4, 0.5) is 5.69 Å². The predicted molar refractivity (Wildman–Crippen MR) is 106 cm³/mol. The number of hydrogen-bond acceptors (Lipinski definition) is 6. The van der Waals surface area contributed by atoms with Gasteiger partial charge >= 0.3 is 5.97 Å². The van der Waals surface area contributed by atoms with Crippen LogP contribution < -0.4 is 5.32 Å². The quantitative estimate of drug-likeness (QED) is 0.774. The zero-order chi connectivity index (χ0) is 20.3. The summed E-state index contributed by atoms with van der Waals surface area (Å²) in [6.07, 6.45) is 1.52. The molecule has 1 aromatic heterocycles. The lowest BCUT2D eigenvalue weighted by molar-refractivity contribution is -0.155. The van der Waals surface area contributed by atoms with Crippen LogP contribution in [-0.4, -0.2) is 41.1 Å². The molecule has 0 saturated carbocycles. The Morgan fingerprint density at radius 2 is 2.04 bits per heavy atom. The molecular weight excluding hydrogens is 380 g/mol. The summed E-state index contributed by atoms with van der Waals surface area (Å²) in [5, 5.41) is 2.32. The van der Waals surface area contributed by atoms with Crippen molar-refractivity contribution in [3.63, 3.8) is 0 Å². The highest BCUT2D eigenvalue weighted by atomic mass is 32.2. The number of nitrogens with one attached hydrogen (secondary N) is 1. The molecule has 0 aliphatic carbocycles. The summed E-state index contributed by atoms with van der Waals surface area (Å²) in [6, 6.07) is 8.29. The molecule has 1 N–H and O–H groups in total. The zero-order valence-corrected chi connectivity index (χ0v) is 16.7. The Kier molecular flexibility index (Phi) is 6.08. The third kappa shape index (κ3) is 4.39. The van der Waals surface area contributed by atoms with Crippen LogP contribution in [0.25, 0.3) is 0 Å². The number of nitrogens with zero attached hydrogens (tertiary/aromatic N) is 1. The van der Waals surface area contributed by atoms with Crippen LogP contribution in [0.3, 0.4) is 0 Å². The van der Waals surface area contributed by atoms with Crippen molar-refractivity contribution in [3.8, 4) is 0 Å². The highest BCUT2D eigenvalue weighted by molar-refractivity contribution is 7.99. The number of benzene rings is 1. The summed E-state index contributed by atoms with van der Waals surface area (Å²) in [5.74, 6) is -0.315. The molecule has 0 radical (unpaired) electrons. The highest BCUT2D eigenvalue weighted by Gasteiger charge is 2.43. The lowest BCUT2D eigenvalue weighted by Gasteiger charge is -2.25. The third-order valence-electron chi connectivity index (χ3n) is 4.56. The fourth-order valence-corrected chi connectivity index (χ4v) is 4.39. The van der Waals surface area contributed by atoms with Crippen molar-refractivity contribution in [1.82, 2.24) is 4.90 Å². The normalized spacial score (nSPS) is 18.8. The Morgan fingerprint density at radius 1 is 1.25 bits per heavy atom. The van der Waals surface area contributed by atoms with Gasteiger partial charge in [-0.3, -0.25) is 9.59 Å². The van der Waals surface area contributed by atoms with Crippen molar-refractivity contribution in [2.75, 3.05) is 17.7 Å². The van der Waals surface area contributed by atoms with E-state index >= 15 is 0 Å². The molecule has 3 rings (SSSR count). The van der Waals surface area contributed by atoms with Crippen molar-refractivity contribution < 1.29 is 23.5 Å². The molecule has 1 aromatic carbocycles. The first-order valence-corrected chi connectivity index (χ1v) is 9.89. The topological polar surface area (TPSA) is 88.8 Å². The Morgan fingerprint density at radius 3 is 2.68 bits per heavy atom. The maximum absolute atomic E-state index is 12.5. The Hall–Kier alpha value is -2.74. The monoisotopic (exact) mass is 402 g/mol. The van der Waals surface area contributed by atoms with Gasteiger partial charge in [0, 0.05) is 18.4 Å². The van der Waals surface area contributed by atoms with E-state index in [1.54, 1.807) is 18.2 Å². The van der Waals surface area contributed by atoms with Gasteiger partial charge in [0.1, 0.15) is 17.2 Å². The van der Waals surface area contributed by atoms with Crippen molar-refractivity contribution in [2.24, 2.45) is 0 Å². The Bertz CT molecular complexity index is 881. The van der Waals surface area contributed by atoms with Gasteiger partial charge in [-0.15, -0.1) is 11.8 Å². The number of hydrogen-bond donors (Lipinski definition) is 1. The van der Waals surface area contributed by atoms with Gasteiger partial charge in [0.25, 0.3) is 5.91 Å². The maximum Gasteiger partial charge on any atom is 0.330 e. The second kappa shape index (κ2) is 8.52. The van der Waals surface area contributed by atoms with E-state index in [4.69, 9.17) is 9.15 Å². The average molecular weight is 402 g/mol. The molecule has 0 unspecified atom stereocenters. The number of thioether (sulfide) groups is 1. The number of rotatable bonds is 5. The fraction of sp³-hybridized carbons (Fsp3) is 0.350. The number of ether oxygens (including phenoxy) is 1. The molecule has 2 amide bonds. The van der Waals surface area contributed by atoms with E-state index in [1.165, 1.54) is 29.8 Å². The molecule has 1 fully saturated rings. The van der Waals surface area contributed by atoms with Crippen molar-refractivity contribution in [3.05, 3.63) is 53.5 Å². The number of carbonyl (C=O) groups excluding carboxylic acids is 3. The van der Waals surface area contributed by atoms with Gasteiger partial charge in [0.2, 0.25) is 5.91 Å². The highest BCUT2D eigenvalue weighted by Crippen LogP contribution is 2.41. The van der Waals surface area contributed by atoms with Crippen LogP contribution in [0.15, 0.2) is 41.0 Å². The van der Waals surface area contributed by atoms with Crippen LogP contribution in [0, 0.1) is 13.8 Å². The van der Waals surface area contributed by atoms with Gasteiger partial charge in [0.05, 0.1) is 6.26 Å². The predicted octanol–water partition coefficient (Wildman–Crippen LogP) is 3.04. The average Bonchev–Trinajstić information content (AvgIpc) is 3.31.